The SMILES string of the molecule is O=C(NC1(C(=O)O)CC1)c1ccc(F)cc1O. The highest BCUT2D eigenvalue weighted by atomic mass is 19.1. The third-order valence-electron chi connectivity index (χ3n) is 2.72. The van der Waals surface area contributed by atoms with Crippen molar-refractivity contribution in [3.8, 4) is 5.75 Å². The van der Waals surface area contributed by atoms with Crippen LogP contribution < -0.4 is 5.32 Å². The van der Waals surface area contributed by atoms with E-state index in [1.807, 2.05) is 0 Å². The number of hydrogen-bond donors (Lipinski definition) is 3. The summed E-state index contributed by atoms with van der Waals surface area (Å²) >= 11 is 0. The fourth-order valence-corrected chi connectivity index (χ4v) is 1.50. The zero-order chi connectivity index (χ0) is 12.6. The Morgan fingerprint density at radius 2 is 2.00 bits per heavy atom. The molecule has 0 unspecified atom stereocenters. The number of aliphatic carboxylic acids is 1. The molecule has 0 aromatic heterocycles. The molecule has 0 bridgehead atoms. The molecule has 2 rings (SSSR count). The van der Waals surface area contributed by atoms with Crippen LogP contribution in [0.5, 0.6) is 5.75 Å². The fraction of sp³-hybridized carbons (Fsp3) is 0.273. The molecule has 0 spiro atoms. The molecule has 0 saturated heterocycles. The van der Waals surface area contributed by atoms with E-state index >= 15 is 0 Å². The lowest BCUT2D eigenvalue weighted by molar-refractivity contribution is -0.140. The molecule has 6 heteroatoms. The molecule has 0 atom stereocenters. The zero-order valence-electron chi connectivity index (χ0n) is 8.74. The third kappa shape index (κ3) is 2.06. The van der Waals surface area contributed by atoms with Gasteiger partial charge in [0.2, 0.25) is 0 Å². The highest BCUT2D eigenvalue weighted by molar-refractivity contribution is 6.00. The lowest BCUT2D eigenvalue weighted by Gasteiger charge is -2.12. The number of carboxylic acids is 1. The van der Waals surface area contributed by atoms with Crippen LogP contribution in [0, 0.1) is 5.82 Å². The number of phenolic OH excluding ortho intramolecular Hbond substituents is 1. The van der Waals surface area contributed by atoms with Crippen LogP contribution in [0.4, 0.5) is 4.39 Å². The van der Waals surface area contributed by atoms with Crippen molar-refractivity contribution in [3.05, 3.63) is 29.6 Å². The molecule has 1 saturated carbocycles. The van der Waals surface area contributed by atoms with Crippen molar-refractivity contribution < 1.29 is 24.2 Å². The maximum atomic E-state index is 12.7. The minimum atomic E-state index is -1.22. The Bertz CT molecular complexity index is 496. The van der Waals surface area contributed by atoms with Crippen molar-refractivity contribution in [2.75, 3.05) is 0 Å². The molecule has 1 aliphatic carbocycles. The van der Waals surface area contributed by atoms with Gasteiger partial charge in [-0.2, -0.15) is 0 Å². The second-order valence-corrected chi connectivity index (χ2v) is 4.00. The van der Waals surface area contributed by atoms with Crippen molar-refractivity contribution in [1.29, 1.82) is 0 Å². The first-order valence-corrected chi connectivity index (χ1v) is 4.99. The second kappa shape index (κ2) is 3.73. The first kappa shape index (κ1) is 11.4. The van der Waals surface area contributed by atoms with Gasteiger partial charge in [0, 0.05) is 6.07 Å². The van der Waals surface area contributed by atoms with Gasteiger partial charge in [-0.05, 0) is 25.0 Å². The predicted octanol–water partition coefficient (Wildman–Crippen LogP) is 0.878. The van der Waals surface area contributed by atoms with Gasteiger partial charge in [-0.25, -0.2) is 9.18 Å². The number of halogens is 1. The maximum Gasteiger partial charge on any atom is 0.329 e. The Morgan fingerprint density at radius 3 is 2.47 bits per heavy atom. The number of amides is 1. The summed E-state index contributed by atoms with van der Waals surface area (Å²) in [6.45, 7) is 0. The molecule has 90 valence electrons. The van der Waals surface area contributed by atoms with Crippen molar-refractivity contribution >= 4 is 11.9 Å². The number of hydrogen-bond acceptors (Lipinski definition) is 3. The maximum absolute atomic E-state index is 12.7. The smallest absolute Gasteiger partial charge is 0.329 e. The summed E-state index contributed by atoms with van der Waals surface area (Å²) in [5.74, 6) is -3.00. The summed E-state index contributed by atoms with van der Waals surface area (Å²) in [4.78, 5) is 22.5. The fourth-order valence-electron chi connectivity index (χ4n) is 1.50. The molecule has 1 fully saturated rings. The normalized spacial score (nSPS) is 16.3. The topological polar surface area (TPSA) is 86.6 Å². The summed E-state index contributed by atoms with van der Waals surface area (Å²) < 4.78 is 12.7. The number of aromatic hydroxyl groups is 1. The Kier molecular flexibility index (Phi) is 2.49. The standard InChI is InChI=1S/C11H10FNO4/c12-6-1-2-7(8(14)5-6)9(15)13-11(3-4-11)10(16)17/h1-2,5,14H,3-4H2,(H,13,15)(H,16,17). The van der Waals surface area contributed by atoms with Gasteiger partial charge in [-0.15, -0.1) is 0 Å². The highest BCUT2D eigenvalue weighted by Crippen LogP contribution is 2.36. The number of nitrogens with one attached hydrogen (secondary N) is 1. The summed E-state index contributed by atoms with van der Waals surface area (Å²) in [6, 6.07) is 2.93. The van der Waals surface area contributed by atoms with E-state index in [2.05, 4.69) is 5.32 Å². The number of carboxylic acid groups (broad SMARTS) is 1. The molecule has 0 radical (unpaired) electrons. The van der Waals surface area contributed by atoms with Gasteiger partial charge in [0.05, 0.1) is 5.56 Å². The molecule has 1 aliphatic rings. The zero-order valence-corrected chi connectivity index (χ0v) is 8.74. The van der Waals surface area contributed by atoms with E-state index < -0.39 is 29.0 Å². The van der Waals surface area contributed by atoms with Gasteiger partial charge in [0.1, 0.15) is 17.1 Å². The largest absolute Gasteiger partial charge is 0.507 e. The summed E-state index contributed by atoms with van der Waals surface area (Å²) in [6.07, 6.45) is 0.714. The van der Waals surface area contributed by atoms with Crippen LogP contribution in [0.1, 0.15) is 23.2 Å². The van der Waals surface area contributed by atoms with Crippen molar-refractivity contribution in [3.63, 3.8) is 0 Å². The van der Waals surface area contributed by atoms with Crippen molar-refractivity contribution in [2.45, 2.75) is 18.4 Å². The lowest BCUT2D eigenvalue weighted by Crippen LogP contribution is -2.43. The first-order chi connectivity index (χ1) is 7.94. The quantitative estimate of drug-likeness (QED) is 0.730. The molecule has 1 amide bonds. The van der Waals surface area contributed by atoms with Gasteiger partial charge < -0.3 is 15.5 Å². The molecule has 1 aromatic rings. The summed E-state index contributed by atoms with van der Waals surface area (Å²) in [5, 5.41) is 20.6. The Labute approximate surface area is 95.9 Å². The van der Waals surface area contributed by atoms with E-state index in [1.165, 1.54) is 0 Å². The third-order valence-corrected chi connectivity index (χ3v) is 2.72. The second-order valence-electron chi connectivity index (χ2n) is 4.00. The highest BCUT2D eigenvalue weighted by Gasteiger charge is 2.51. The average Bonchev–Trinajstić information content (AvgIpc) is 2.98. The van der Waals surface area contributed by atoms with Crippen LogP contribution in [0.25, 0.3) is 0 Å². The van der Waals surface area contributed by atoms with E-state index in [4.69, 9.17) is 5.11 Å². The molecular weight excluding hydrogens is 229 g/mol. The van der Waals surface area contributed by atoms with E-state index in [0.717, 1.165) is 18.2 Å². The molecule has 0 heterocycles. The van der Waals surface area contributed by atoms with E-state index in [9.17, 15) is 19.1 Å². The first-order valence-electron chi connectivity index (χ1n) is 4.99. The van der Waals surface area contributed by atoms with Crippen LogP contribution in [0.2, 0.25) is 0 Å². The lowest BCUT2D eigenvalue weighted by atomic mass is 10.1. The Hall–Kier alpha value is -2.11. The van der Waals surface area contributed by atoms with Crippen LogP contribution in [-0.2, 0) is 4.79 Å². The predicted molar refractivity (Wildman–Crippen MR) is 55.1 cm³/mol. The summed E-state index contributed by atoms with van der Waals surface area (Å²) in [5.41, 5.74) is -1.36. The number of rotatable bonds is 3. The summed E-state index contributed by atoms with van der Waals surface area (Å²) in [7, 11) is 0. The number of benzene rings is 1. The molecule has 5 nitrogen and oxygen atoms in total. The number of carbonyl (C=O) groups excluding carboxylic acids is 1. The number of carbonyl (C=O) groups is 2. The van der Waals surface area contributed by atoms with Crippen molar-refractivity contribution in [1.82, 2.24) is 5.32 Å². The van der Waals surface area contributed by atoms with Crippen molar-refractivity contribution in [2.24, 2.45) is 0 Å². The van der Waals surface area contributed by atoms with Gasteiger partial charge >= 0.3 is 5.97 Å². The van der Waals surface area contributed by atoms with Gasteiger partial charge in [0.15, 0.2) is 0 Å². The van der Waals surface area contributed by atoms with Gasteiger partial charge in [-0.1, -0.05) is 0 Å². The van der Waals surface area contributed by atoms with Gasteiger partial charge in [-0.3, -0.25) is 4.79 Å². The average molecular weight is 239 g/mol. The van der Waals surface area contributed by atoms with E-state index in [-0.39, 0.29) is 5.56 Å². The van der Waals surface area contributed by atoms with Crippen LogP contribution in [-0.4, -0.2) is 27.6 Å². The van der Waals surface area contributed by atoms with Gasteiger partial charge in [0.25, 0.3) is 5.91 Å². The van der Waals surface area contributed by atoms with E-state index in [0.29, 0.717) is 12.8 Å². The molecular formula is C11H10FNO4. The molecule has 3 N–H and O–H groups in total. The molecule has 1 aromatic carbocycles. The minimum absolute atomic E-state index is 0.140. The monoisotopic (exact) mass is 239 g/mol. The van der Waals surface area contributed by atoms with E-state index in [1.54, 1.807) is 0 Å². The van der Waals surface area contributed by atoms with Crippen LogP contribution in [0.3, 0.4) is 0 Å². The Morgan fingerprint density at radius 1 is 1.35 bits per heavy atom. The molecule has 0 aliphatic heterocycles. The Balaban J connectivity index is 2.18. The number of phenols is 1. The minimum Gasteiger partial charge on any atom is -0.507 e. The molecule has 17 heavy (non-hydrogen) atoms. The van der Waals surface area contributed by atoms with Crippen LogP contribution in [0.15, 0.2) is 18.2 Å². The van der Waals surface area contributed by atoms with Crippen LogP contribution >= 0.6 is 0 Å².